The normalized spacial score (nSPS) is 10.6. The molecule has 0 saturated heterocycles. The summed E-state index contributed by atoms with van der Waals surface area (Å²) in [6, 6.07) is 6.74. The Balaban J connectivity index is 2.06. The number of unbranched alkanes of at least 4 members (excludes halogenated alkanes) is 2. The van der Waals surface area contributed by atoms with Crippen molar-refractivity contribution in [2.75, 3.05) is 12.4 Å². The molecule has 0 radical (unpaired) electrons. The van der Waals surface area contributed by atoms with E-state index >= 15 is 0 Å². The van der Waals surface area contributed by atoms with Gasteiger partial charge in [0, 0.05) is 12.2 Å². The minimum absolute atomic E-state index is 0.0598. The van der Waals surface area contributed by atoms with Gasteiger partial charge in [-0.05, 0) is 44.9 Å². The van der Waals surface area contributed by atoms with E-state index in [1.54, 1.807) is 0 Å². The number of hydrogen-bond acceptors (Lipinski definition) is 3. The monoisotopic (exact) mass is 294 g/mol. The van der Waals surface area contributed by atoms with Gasteiger partial charge in [0.1, 0.15) is 0 Å². The highest BCUT2D eigenvalue weighted by Crippen LogP contribution is 2.17. The zero-order chi connectivity index (χ0) is 14.8. The highest BCUT2D eigenvalue weighted by molar-refractivity contribution is 7.98. The number of esters is 1. The molecule has 0 heterocycles. The summed E-state index contributed by atoms with van der Waals surface area (Å²) in [6.45, 7) is 6.64. The molecule has 0 aliphatic heterocycles. The van der Waals surface area contributed by atoms with Gasteiger partial charge in [-0.1, -0.05) is 35.7 Å². The van der Waals surface area contributed by atoms with Gasteiger partial charge in [0.15, 0.2) is 0 Å². The maximum absolute atomic E-state index is 11.2. The maximum Gasteiger partial charge on any atom is 0.305 e. The third-order valence-electron chi connectivity index (χ3n) is 3.03. The molecule has 3 heteroatoms. The number of rotatable bonds is 9. The average Bonchev–Trinajstić information content (AvgIpc) is 2.36. The molecular formula is C17H26O2S. The molecule has 0 unspecified atom stereocenters. The standard InChI is InChI=1S/C17H26O2S/c1-4-19-17(18)8-6-5-7-9-20-13-16-11-14(2)10-15(3)12-16/h10-12H,4-9,13H2,1-3H3. The van der Waals surface area contributed by atoms with E-state index in [9.17, 15) is 4.79 Å². The van der Waals surface area contributed by atoms with Crippen molar-refractivity contribution in [2.24, 2.45) is 0 Å². The lowest BCUT2D eigenvalue weighted by Crippen LogP contribution is -2.03. The molecule has 0 saturated carbocycles. The molecule has 1 aromatic carbocycles. The second-order valence-electron chi connectivity index (χ2n) is 5.16. The van der Waals surface area contributed by atoms with Crippen LogP contribution in [0.3, 0.4) is 0 Å². The first kappa shape index (κ1) is 17.1. The second kappa shape index (κ2) is 9.87. The van der Waals surface area contributed by atoms with Crippen LogP contribution in [0.5, 0.6) is 0 Å². The topological polar surface area (TPSA) is 26.3 Å². The molecule has 0 atom stereocenters. The van der Waals surface area contributed by atoms with E-state index in [1.165, 1.54) is 23.1 Å². The molecule has 112 valence electrons. The Bertz CT molecular complexity index is 395. The van der Waals surface area contributed by atoms with Crippen LogP contribution in [0.1, 0.15) is 49.3 Å². The lowest BCUT2D eigenvalue weighted by molar-refractivity contribution is -0.143. The first-order valence-corrected chi connectivity index (χ1v) is 8.58. The molecule has 0 spiro atoms. The third kappa shape index (κ3) is 7.59. The zero-order valence-electron chi connectivity index (χ0n) is 12.9. The van der Waals surface area contributed by atoms with Gasteiger partial charge in [-0.25, -0.2) is 0 Å². The maximum atomic E-state index is 11.2. The summed E-state index contributed by atoms with van der Waals surface area (Å²) in [4.78, 5) is 11.2. The number of hydrogen-bond donors (Lipinski definition) is 0. The number of carbonyl (C=O) groups excluding carboxylic acids is 1. The lowest BCUT2D eigenvalue weighted by atomic mass is 10.1. The Morgan fingerprint density at radius 3 is 2.45 bits per heavy atom. The van der Waals surface area contributed by atoms with Gasteiger partial charge in [0.25, 0.3) is 0 Å². The van der Waals surface area contributed by atoms with Crippen molar-refractivity contribution < 1.29 is 9.53 Å². The summed E-state index contributed by atoms with van der Waals surface area (Å²) in [5, 5.41) is 0. The number of aryl methyl sites for hydroxylation is 2. The minimum atomic E-state index is -0.0598. The van der Waals surface area contributed by atoms with Crippen molar-refractivity contribution in [2.45, 2.75) is 52.2 Å². The van der Waals surface area contributed by atoms with Gasteiger partial charge < -0.3 is 4.74 Å². The van der Waals surface area contributed by atoms with E-state index in [-0.39, 0.29) is 5.97 Å². The summed E-state index contributed by atoms with van der Waals surface area (Å²) < 4.78 is 4.91. The fourth-order valence-corrected chi connectivity index (χ4v) is 3.18. The van der Waals surface area contributed by atoms with E-state index in [0.29, 0.717) is 13.0 Å². The summed E-state index contributed by atoms with van der Waals surface area (Å²) in [6.07, 6.45) is 3.80. The Kier molecular flexibility index (Phi) is 8.43. The second-order valence-corrected chi connectivity index (χ2v) is 6.27. The molecule has 1 rings (SSSR count). The molecular weight excluding hydrogens is 268 g/mol. The Labute approximate surface area is 127 Å². The molecule has 0 fully saturated rings. The van der Waals surface area contributed by atoms with E-state index in [1.807, 2.05) is 18.7 Å². The average molecular weight is 294 g/mol. The predicted molar refractivity (Wildman–Crippen MR) is 87.2 cm³/mol. The van der Waals surface area contributed by atoms with Gasteiger partial charge >= 0.3 is 5.97 Å². The Morgan fingerprint density at radius 1 is 1.10 bits per heavy atom. The Morgan fingerprint density at radius 2 is 1.80 bits per heavy atom. The first-order chi connectivity index (χ1) is 9.61. The molecule has 0 aliphatic carbocycles. The molecule has 20 heavy (non-hydrogen) atoms. The van der Waals surface area contributed by atoms with Gasteiger partial charge in [0.05, 0.1) is 6.61 Å². The van der Waals surface area contributed by atoms with Crippen LogP contribution in [0, 0.1) is 13.8 Å². The van der Waals surface area contributed by atoms with Crippen LogP contribution < -0.4 is 0 Å². The van der Waals surface area contributed by atoms with Crippen LogP contribution in [0.2, 0.25) is 0 Å². The van der Waals surface area contributed by atoms with Gasteiger partial charge in [0.2, 0.25) is 0 Å². The van der Waals surface area contributed by atoms with Crippen LogP contribution in [0.4, 0.5) is 0 Å². The largest absolute Gasteiger partial charge is 0.466 e. The van der Waals surface area contributed by atoms with Crippen molar-refractivity contribution in [3.05, 3.63) is 34.9 Å². The van der Waals surface area contributed by atoms with E-state index in [4.69, 9.17) is 4.74 Å². The number of ether oxygens (including phenoxy) is 1. The fraction of sp³-hybridized carbons (Fsp3) is 0.588. The van der Waals surface area contributed by atoms with Crippen LogP contribution in [0.25, 0.3) is 0 Å². The zero-order valence-corrected chi connectivity index (χ0v) is 13.7. The summed E-state index contributed by atoms with van der Waals surface area (Å²) in [5.41, 5.74) is 4.10. The fourth-order valence-electron chi connectivity index (χ4n) is 2.23. The molecule has 1 aromatic rings. The van der Waals surface area contributed by atoms with Crippen molar-refractivity contribution in [1.29, 1.82) is 0 Å². The molecule has 0 bridgehead atoms. The molecule has 2 nitrogen and oxygen atoms in total. The molecule has 0 amide bonds. The van der Waals surface area contributed by atoms with Crippen LogP contribution in [-0.4, -0.2) is 18.3 Å². The smallest absolute Gasteiger partial charge is 0.305 e. The lowest BCUT2D eigenvalue weighted by Gasteiger charge is -2.05. The number of thioether (sulfide) groups is 1. The molecule has 0 aliphatic rings. The minimum Gasteiger partial charge on any atom is -0.466 e. The Hall–Kier alpha value is -0.960. The summed E-state index contributed by atoms with van der Waals surface area (Å²) >= 11 is 1.98. The SMILES string of the molecule is CCOC(=O)CCCCCSCc1cc(C)cc(C)c1. The third-order valence-corrected chi connectivity index (χ3v) is 4.14. The molecule has 0 aromatic heterocycles. The van der Waals surface area contributed by atoms with Gasteiger partial charge in [-0.3, -0.25) is 4.79 Å². The van der Waals surface area contributed by atoms with Crippen LogP contribution in [0.15, 0.2) is 18.2 Å². The quantitative estimate of drug-likeness (QED) is 0.489. The van der Waals surface area contributed by atoms with Crippen molar-refractivity contribution in [3.8, 4) is 0 Å². The predicted octanol–water partition coefficient (Wildman–Crippen LogP) is 4.66. The van der Waals surface area contributed by atoms with E-state index in [2.05, 4.69) is 32.0 Å². The molecule has 0 N–H and O–H groups in total. The van der Waals surface area contributed by atoms with Crippen molar-refractivity contribution in [3.63, 3.8) is 0 Å². The first-order valence-electron chi connectivity index (χ1n) is 7.42. The van der Waals surface area contributed by atoms with Crippen molar-refractivity contribution in [1.82, 2.24) is 0 Å². The van der Waals surface area contributed by atoms with Gasteiger partial charge in [-0.2, -0.15) is 11.8 Å². The van der Waals surface area contributed by atoms with E-state index < -0.39 is 0 Å². The van der Waals surface area contributed by atoms with Crippen LogP contribution >= 0.6 is 11.8 Å². The van der Waals surface area contributed by atoms with Crippen molar-refractivity contribution >= 4 is 17.7 Å². The number of benzene rings is 1. The number of carbonyl (C=O) groups is 1. The highest BCUT2D eigenvalue weighted by atomic mass is 32.2. The van der Waals surface area contributed by atoms with Crippen LogP contribution in [-0.2, 0) is 15.3 Å². The highest BCUT2D eigenvalue weighted by Gasteiger charge is 2.01. The summed E-state index contributed by atoms with van der Waals surface area (Å²) in [7, 11) is 0. The van der Waals surface area contributed by atoms with E-state index in [0.717, 1.165) is 24.3 Å². The van der Waals surface area contributed by atoms with Gasteiger partial charge in [-0.15, -0.1) is 0 Å². The summed E-state index contributed by atoms with van der Waals surface area (Å²) in [5.74, 6) is 2.19.